The summed E-state index contributed by atoms with van der Waals surface area (Å²) in [5.74, 6) is 0.536. The average molecular weight is 280 g/mol. The molecule has 0 aliphatic rings. The van der Waals surface area contributed by atoms with Crippen molar-refractivity contribution < 1.29 is 14.3 Å². The van der Waals surface area contributed by atoms with Crippen LogP contribution in [-0.2, 0) is 9.53 Å². The van der Waals surface area contributed by atoms with Crippen molar-refractivity contribution in [3.05, 3.63) is 24.3 Å². The van der Waals surface area contributed by atoms with Crippen molar-refractivity contribution in [2.24, 2.45) is 0 Å². The molecule has 0 bridgehead atoms. The van der Waals surface area contributed by atoms with E-state index in [4.69, 9.17) is 9.47 Å². The van der Waals surface area contributed by atoms with Gasteiger partial charge in [-0.25, -0.2) is 0 Å². The number of para-hydroxylation sites is 2. The third-order valence-corrected chi connectivity index (χ3v) is 3.08. The van der Waals surface area contributed by atoms with Gasteiger partial charge in [0.15, 0.2) is 0 Å². The third-order valence-electron chi connectivity index (χ3n) is 3.08. The molecular formula is C15H24N2O3. The predicted octanol–water partition coefficient (Wildman–Crippen LogP) is 1.67. The van der Waals surface area contributed by atoms with E-state index < -0.39 is 0 Å². The number of nitrogens with zero attached hydrogens (tertiary/aromatic N) is 1. The summed E-state index contributed by atoms with van der Waals surface area (Å²) in [6.07, 6.45) is 0.964. The first-order valence-corrected chi connectivity index (χ1v) is 6.79. The van der Waals surface area contributed by atoms with Crippen LogP contribution in [0.1, 0.15) is 13.3 Å². The summed E-state index contributed by atoms with van der Waals surface area (Å²) in [6.45, 7) is 3.36. The topological polar surface area (TPSA) is 50.8 Å². The SMILES string of the molecule is CCCNC(CN(C)c1ccccc1OC)C(=O)OC. The average Bonchev–Trinajstić information content (AvgIpc) is 2.50. The largest absolute Gasteiger partial charge is 0.495 e. The summed E-state index contributed by atoms with van der Waals surface area (Å²) >= 11 is 0. The van der Waals surface area contributed by atoms with Gasteiger partial charge in [0.2, 0.25) is 0 Å². The summed E-state index contributed by atoms with van der Waals surface area (Å²) in [7, 11) is 4.98. The summed E-state index contributed by atoms with van der Waals surface area (Å²) in [5.41, 5.74) is 0.946. The second-order valence-corrected chi connectivity index (χ2v) is 4.58. The van der Waals surface area contributed by atoms with Crippen molar-refractivity contribution in [2.45, 2.75) is 19.4 Å². The van der Waals surface area contributed by atoms with Gasteiger partial charge in [-0.3, -0.25) is 4.79 Å². The zero-order valence-corrected chi connectivity index (χ0v) is 12.7. The number of nitrogens with one attached hydrogen (secondary N) is 1. The Balaban J connectivity index is 2.78. The van der Waals surface area contributed by atoms with Gasteiger partial charge in [0.1, 0.15) is 11.8 Å². The number of rotatable bonds is 8. The molecule has 0 saturated heterocycles. The zero-order chi connectivity index (χ0) is 15.0. The van der Waals surface area contributed by atoms with Gasteiger partial charge < -0.3 is 19.7 Å². The maximum absolute atomic E-state index is 11.8. The van der Waals surface area contributed by atoms with E-state index in [1.807, 2.05) is 36.2 Å². The number of esters is 1. The highest BCUT2D eigenvalue weighted by molar-refractivity contribution is 5.76. The molecular weight excluding hydrogens is 256 g/mol. The van der Waals surface area contributed by atoms with Gasteiger partial charge in [-0.2, -0.15) is 0 Å². The van der Waals surface area contributed by atoms with Crippen LogP contribution < -0.4 is 15.0 Å². The standard InChI is InChI=1S/C15H24N2O3/c1-5-10-16-12(15(18)20-4)11-17(2)13-8-6-7-9-14(13)19-3/h6-9,12,16H,5,10-11H2,1-4H3. The second kappa shape index (κ2) is 8.43. The van der Waals surface area contributed by atoms with Crippen LogP contribution in [0.5, 0.6) is 5.75 Å². The zero-order valence-electron chi connectivity index (χ0n) is 12.7. The van der Waals surface area contributed by atoms with Crippen LogP contribution in [0.2, 0.25) is 0 Å². The molecule has 0 fully saturated rings. The fourth-order valence-corrected chi connectivity index (χ4v) is 2.00. The second-order valence-electron chi connectivity index (χ2n) is 4.58. The summed E-state index contributed by atoms with van der Waals surface area (Å²) < 4.78 is 10.2. The minimum Gasteiger partial charge on any atom is -0.495 e. The molecule has 1 aromatic carbocycles. The molecule has 0 spiro atoms. The molecule has 5 heteroatoms. The first kappa shape index (κ1) is 16.3. The van der Waals surface area contributed by atoms with Gasteiger partial charge in [0.25, 0.3) is 0 Å². The molecule has 1 N–H and O–H groups in total. The van der Waals surface area contributed by atoms with Crippen LogP contribution in [0.4, 0.5) is 5.69 Å². The van der Waals surface area contributed by atoms with Crippen LogP contribution in [0.3, 0.4) is 0 Å². The molecule has 5 nitrogen and oxygen atoms in total. The summed E-state index contributed by atoms with van der Waals surface area (Å²) in [4.78, 5) is 13.8. The first-order valence-electron chi connectivity index (χ1n) is 6.79. The van der Waals surface area contributed by atoms with E-state index in [2.05, 4.69) is 12.2 Å². The summed E-state index contributed by atoms with van der Waals surface area (Å²) in [5, 5.41) is 3.20. The molecule has 20 heavy (non-hydrogen) atoms. The highest BCUT2D eigenvalue weighted by Crippen LogP contribution is 2.26. The van der Waals surface area contributed by atoms with Gasteiger partial charge >= 0.3 is 5.97 Å². The van der Waals surface area contributed by atoms with Crippen LogP contribution in [0, 0.1) is 0 Å². The number of methoxy groups -OCH3 is 2. The quantitative estimate of drug-likeness (QED) is 0.734. The van der Waals surface area contributed by atoms with Crippen molar-refractivity contribution in [2.75, 3.05) is 39.3 Å². The fourth-order valence-electron chi connectivity index (χ4n) is 2.00. The Morgan fingerprint density at radius 1 is 1.35 bits per heavy atom. The highest BCUT2D eigenvalue weighted by atomic mass is 16.5. The maximum Gasteiger partial charge on any atom is 0.324 e. The number of anilines is 1. The Labute approximate surface area is 120 Å². The van der Waals surface area contributed by atoms with Gasteiger partial charge in [-0.15, -0.1) is 0 Å². The van der Waals surface area contributed by atoms with Crippen molar-refractivity contribution in [1.29, 1.82) is 0 Å². The number of likely N-dealkylation sites (N-methyl/N-ethyl adjacent to an activating group) is 1. The van der Waals surface area contributed by atoms with Gasteiger partial charge in [0, 0.05) is 13.6 Å². The number of carbonyl (C=O) groups excluding carboxylic acids is 1. The van der Waals surface area contributed by atoms with Crippen molar-refractivity contribution in [3.63, 3.8) is 0 Å². The van der Waals surface area contributed by atoms with E-state index in [0.29, 0.717) is 6.54 Å². The normalized spacial score (nSPS) is 11.8. The molecule has 0 aliphatic heterocycles. The Morgan fingerprint density at radius 3 is 2.65 bits per heavy atom. The highest BCUT2D eigenvalue weighted by Gasteiger charge is 2.21. The van der Waals surface area contributed by atoms with E-state index in [-0.39, 0.29) is 12.0 Å². The number of ether oxygens (including phenoxy) is 2. The monoisotopic (exact) mass is 280 g/mol. The molecule has 0 aliphatic carbocycles. The van der Waals surface area contributed by atoms with E-state index in [1.54, 1.807) is 7.11 Å². The Kier molecular flexibility index (Phi) is 6.87. The third kappa shape index (κ3) is 4.42. The lowest BCUT2D eigenvalue weighted by Gasteiger charge is -2.26. The van der Waals surface area contributed by atoms with Gasteiger partial charge in [0.05, 0.1) is 19.9 Å². The fraction of sp³-hybridized carbons (Fsp3) is 0.533. The molecule has 1 rings (SSSR count). The molecule has 1 aromatic rings. The Morgan fingerprint density at radius 2 is 2.05 bits per heavy atom. The van der Waals surface area contributed by atoms with Crippen molar-refractivity contribution in [3.8, 4) is 5.75 Å². The van der Waals surface area contributed by atoms with E-state index in [1.165, 1.54) is 7.11 Å². The van der Waals surface area contributed by atoms with Crippen molar-refractivity contribution >= 4 is 11.7 Å². The van der Waals surface area contributed by atoms with Gasteiger partial charge in [-0.05, 0) is 25.1 Å². The minimum absolute atomic E-state index is 0.250. The lowest BCUT2D eigenvalue weighted by molar-refractivity contribution is -0.142. The molecule has 0 heterocycles. The molecule has 1 unspecified atom stereocenters. The molecule has 0 saturated carbocycles. The minimum atomic E-state index is -0.352. The van der Waals surface area contributed by atoms with Crippen molar-refractivity contribution in [1.82, 2.24) is 5.32 Å². The molecule has 0 radical (unpaired) electrons. The van der Waals surface area contributed by atoms with E-state index in [0.717, 1.165) is 24.4 Å². The number of hydrogen-bond acceptors (Lipinski definition) is 5. The van der Waals surface area contributed by atoms with Crippen LogP contribution >= 0.6 is 0 Å². The lowest BCUT2D eigenvalue weighted by Crippen LogP contribution is -2.46. The Bertz CT molecular complexity index is 423. The molecule has 1 atom stereocenters. The first-order chi connectivity index (χ1) is 9.63. The Hall–Kier alpha value is -1.75. The summed E-state index contributed by atoms with van der Waals surface area (Å²) in [6, 6.07) is 7.38. The maximum atomic E-state index is 11.8. The van der Waals surface area contributed by atoms with Gasteiger partial charge in [-0.1, -0.05) is 19.1 Å². The number of benzene rings is 1. The smallest absolute Gasteiger partial charge is 0.324 e. The number of hydrogen-bond donors (Lipinski definition) is 1. The van der Waals surface area contributed by atoms with Crippen LogP contribution in [-0.4, -0.2) is 46.4 Å². The van der Waals surface area contributed by atoms with E-state index >= 15 is 0 Å². The lowest BCUT2D eigenvalue weighted by atomic mass is 10.2. The van der Waals surface area contributed by atoms with E-state index in [9.17, 15) is 4.79 Å². The molecule has 0 aromatic heterocycles. The predicted molar refractivity (Wildman–Crippen MR) is 80.4 cm³/mol. The molecule has 112 valence electrons. The van der Waals surface area contributed by atoms with Crippen LogP contribution in [0.15, 0.2) is 24.3 Å². The molecule has 0 amide bonds. The number of carbonyl (C=O) groups is 1. The van der Waals surface area contributed by atoms with Crippen LogP contribution in [0.25, 0.3) is 0 Å².